The predicted molar refractivity (Wildman–Crippen MR) is 221 cm³/mol. The number of benzene rings is 9. The second kappa shape index (κ2) is 11.0. The van der Waals surface area contributed by atoms with E-state index in [1.54, 1.807) is 0 Å². The van der Waals surface area contributed by atoms with Crippen LogP contribution in [-0.2, 0) is 0 Å². The molecule has 0 saturated carbocycles. The lowest BCUT2D eigenvalue weighted by Gasteiger charge is -2.26. The van der Waals surface area contributed by atoms with Gasteiger partial charge in [-0.2, -0.15) is 0 Å². The molecule has 0 saturated heterocycles. The van der Waals surface area contributed by atoms with Crippen molar-refractivity contribution in [2.75, 3.05) is 4.90 Å². The summed E-state index contributed by atoms with van der Waals surface area (Å²) in [6, 6.07) is 66.8. The van der Waals surface area contributed by atoms with Crippen LogP contribution in [0.1, 0.15) is 0 Å². The number of rotatable bonds is 4. The number of anilines is 3. The molecule has 0 N–H and O–H groups in total. The molecule has 238 valence electrons. The van der Waals surface area contributed by atoms with Crippen LogP contribution in [0.4, 0.5) is 17.1 Å². The lowest BCUT2D eigenvalue weighted by Crippen LogP contribution is -2.09. The molecule has 9 aromatic carbocycles. The molecule has 11 rings (SSSR count). The summed E-state index contributed by atoms with van der Waals surface area (Å²) < 4.78 is 5.06. The topological polar surface area (TPSA) is 8.17 Å². The summed E-state index contributed by atoms with van der Waals surface area (Å²) in [6.45, 7) is 0. The molecule has 0 amide bonds. The van der Waals surface area contributed by atoms with Crippen LogP contribution in [0.2, 0.25) is 0 Å². The third-order valence-corrected chi connectivity index (χ3v) is 11.6. The van der Waals surface area contributed by atoms with Crippen molar-refractivity contribution in [3.63, 3.8) is 0 Å². The third-order valence-electron chi connectivity index (χ3n) is 10.5. The van der Waals surface area contributed by atoms with Gasteiger partial charge in [0.2, 0.25) is 0 Å². The van der Waals surface area contributed by atoms with E-state index in [0.29, 0.717) is 0 Å². The van der Waals surface area contributed by atoms with Crippen molar-refractivity contribution < 1.29 is 0 Å². The molecular formula is C48H30N2S. The van der Waals surface area contributed by atoms with Gasteiger partial charge in [0.25, 0.3) is 0 Å². The number of nitrogens with zero attached hydrogens (tertiary/aromatic N) is 2. The summed E-state index contributed by atoms with van der Waals surface area (Å²) in [5.74, 6) is 0. The molecule has 0 atom stereocenters. The fourth-order valence-corrected chi connectivity index (χ4v) is 9.36. The molecule has 0 unspecified atom stereocenters. The van der Waals surface area contributed by atoms with Gasteiger partial charge >= 0.3 is 0 Å². The first kappa shape index (κ1) is 28.4. The third kappa shape index (κ3) is 4.35. The van der Waals surface area contributed by atoms with Gasteiger partial charge in [-0.15, -0.1) is 11.3 Å². The monoisotopic (exact) mass is 666 g/mol. The van der Waals surface area contributed by atoms with Gasteiger partial charge in [0.05, 0.1) is 11.0 Å². The SMILES string of the molecule is c1ccc(N(c2ccc3c(c2)sc2ccc4ccccc4c23)c2ccc3c4c5ccccc5ccc4n(-c4ccc5ccccc5c4)c3c2)cc1. The Labute approximate surface area is 298 Å². The van der Waals surface area contributed by atoms with Crippen LogP contribution < -0.4 is 4.90 Å². The van der Waals surface area contributed by atoms with E-state index < -0.39 is 0 Å². The van der Waals surface area contributed by atoms with E-state index in [2.05, 4.69) is 191 Å². The highest BCUT2D eigenvalue weighted by Gasteiger charge is 2.20. The quantitative estimate of drug-likeness (QED) is 0.181. The minimum Gasteiger partial charge on any atom is -0.310 e. The molecule has 0 aliphatic rings. The maximum absolute atomic E-state index is 2.45. The van der Waals surface area contributed by atoms with Crippen molar-refractivity contribution in [2.24, 2.45) is 0 Å². The van der Waals surface area contributed by atoms with Crippen molar-refractivity contribution in [1.82, 2.24) is 4.57 Å². The van der Waals surface area contributed by atoms with E-state index in [4.69, 9.17) is 0 Å². The normalized spacial score (nSPS) is 11.9. The fourth-order valence-electron chi connectivity index (χ4n) is 8.21. The van der Waals surface area contributed by atoms with Crippen molar-refractivity contribution in [3.8, 4) is 5.69 Å². The molecule has 2 heterocycles. The minimum atomic E-state index is 1.12. The summed E-state index contributed by atoms with van der Waals surface area (Å²) in [6.07, 6.45) is 0. The molecule has 0 aliphatic carbocycles. The van der Waals surface area contributed by atoms with Crippen LogP contribution in [0.5, 0.6) is 0 Å². The lowest BCUT2D eigenvalue weighted by molar-refractivity contribution is 1.18. The van der Waals surface area contributed by atoms with Crippen molar-refractivity contribution in [3.05, 3.63) is 182 Å². The van der Waals surface area contributed by atoms with Crippen molar-refractivity contribution in [2.45, 2.75) is 0 Å². The van der Waals surface area contributed by atoms with Gasteiger partial charge in [-0.3, -0.25) is 0 Å². The molecule has 0 bridgehead atoms. The molecule has 0 spiro atoms. The van der Waals surface area contributed by atoms with Gasteiger partial charge < -0.3 is 9.47 Å². The van der Waals surface area contributed by atoms with Gasteiger partial charge in [0.1, 0.15) is 0 Å². The summed E-state index contributed by atoms with van der Waals surface area (Å²) in [7, 11) is 0. The van der Waals surface area contributed by atoms with Crippen LogP contribution in [0.15, 0.2) is 182 Å². The predicted octanol–water partition coefficient (Wildman–Crippen LogP) is 14.1. The van der Waals surface area contributed by atoms with Crippen molar-refractivity contribution >= 4 is 103 Å². The molecule has 2 nitrogen and oxygen atoms in total. The Hall–Kier alpha value is -6.42. The number of para-hydroxylation sites is 1. The smallest absolute Gasteiger partial charge is 0.0562 e. The number of fused-ring (bicyclic) bond motifs is 11. The van der Waals surface area contributed by atoms with E-state index >= 15 is 0 Å². The van der Waals surface area contributed by atoms with E-state index in [9.17, 15) is 0 Å². The summed E-state index contributed by atoms with van der Waals surface area (Å²) in [5.41, 5.74) is 6.94. The first-order valence-corrected chi connectivity index (χ1v) is 18.2. The van der Waals surface area contributed by atoms with Crippen LogP contribution in [0, 0.1) is 0 Å². The standard InChI is InChI=1S/C48H30N2S/c1-2-14-35(15-3-1)49(38-23-25-42-46(30-38)51-45-27-20-33-12-7-9-17-40(33)48(42)45)37-22-24-41-44(29-37)50(36-21-18-31-10-4-5-13-34(31)28-36)43-26-19-32-11-6-8-16-39(32)47(41)43/h1-30H. The van der Waals surface area contributed by atoms with Gasteiger partial charge in [0, 0.05) is 53.7 Å². The van der Waals surface area contributed by atoms with Crippen LogP contribution in [-0.4, -0.2) is 4.57 Å². The highest BCUT2D eigenvalue weighted by atomic mass is 32.1. The second-order valence-electron chi connectivity index (χ2n) is 13.4. The van der Waals surface area contributed by atoms with Crippen LogP contribution in [0.3, 0.4) is 0 Å². The van der Waals surface area contributed by atoms with Crippen LogP contribution in [0.25, 0.3) is 80.0 Å². The van der Waals surface area contributed by atoms with E-state index in [-0.39, 0.29) is 0 Å². The van der Waals surface area contributed by atoms with E-state index in [1.807, 2.05) is 11.3 Å². The zero-order chi connectivity index (χ0) is 33.5. The summed E-state index contributed by atoms with van der Waals surface area (Å²) in [5, 5.41) is 12.8. The molecule has 11 aromatic rings. The van der Waals surface area contributed by atoms with Crippen molar-refractivity contribution in [1.29, 1.82) is 0 Å². The number of hydrogen-bond donors (Lipinski definition) is 0. The molecular weight excluding hydrogens is 637 g/mol. The zero-order valence-electron chi connectivity index (χ0n) is 27.6. The zero-order valence-corrected chi connectivity index (χ0v) is 28.4. The molecule has 3 heteroatoms. The number of thiophene rings is 1. The summed E-state index contributed by atoms with van der Waals surface area (Å²) in [4.78, 5) is 2.40. The molecule has 0 fully saturated rings. The Morgan fingerprint density at radius 3 is 1.78 bits per heavy atom. The lowest BCUT2D eigenvalue weighted by atomic mass is 10.0. The Morgan fingerprint density at radius 1 is 0.353 bits per heavy atom. The van der Waals surface area contributed by atoms with Crippen LogP contribution >= 0.6 is 11.3 Å². The Kier molecular flexibility index (Phi) is 6.16. The Balaban J connectivity index is 1.18. The highest BCUT2D eigenvalue weighted by molar-refractivity contribution is 7.26. The van der Waals surface area contributed by atoms with Gasteiger partial charge in [-0.25, -0.2) is 0 Å². The second-order valence-corrected chi connectivity index (χ2v) is 14.4. The largest absolute Gasteiger partial charge is 0.310 e. The Bertz CT molecular complexity index is 3150. The van der Waals surface area contributed by atoms with E-state index in [0.717, 1.165) is 22.7 Å². The molecule has 51 heavy (non-hydrogen) atoms. The molecule has 0 aliphatic heterocycles. The average molecular weight is 667 g/mol. The fraction of sp³-hybridized carbons (Fsp3) is 0. The maximum atomic E-state index is 2.45. The van der Waals surface area contributed by atoms with Gasteiger partial charge in [-0.05, 0) is 93.0 Å². The number of aromatic nitrogens is 1. The maximum Gasteiger partial charge on any atom is 0.0562 e. The highest BCUT2D eigenvalue weighted by Crippen LogP contribution is 2.45. The van der Waals surface area contributed by atoms with E-state index in [1.165, 1.54) is 74.3 Å². The minimum absolute atomic E-state index is 1.12. The molecule has 0 radical (unpaired) electrons. The van der Waals surface area contributed by atoms with Gasteiger partial charge in [-0.1, -0.05) is 121 Å². The number of hydrogen-bond acceptors (Lipinski definition) is 2. The first-order valence-electron chi connectivity index (χ1n) is 17.4. The summed E-state index contributed by atoms with van der Waals surface area (Å²) >= 11 is 1.87. The Morgan fingerprint density at radius 2 is 0.980 bits per heavy atom. The molecule has 2 aromatic heterocycles. The average Bonchev–Trinajstić information content (AvgIpc) is 3.74. The first-order chi connectivity index (χ1) is 25.3. The van der Waals surface area contributed by atoms with Gasteiger partial charge in [0.15, 0.2) is 0 Å².